The second kappa shape index (κ2) is 7.01. The number of phenols is 1. The van der Waals surface area contributed by atoms with Gasteiger partial charge in [0.1, 0.15) is 11.8 Å². The van der Waals surface area contributed by atoms with E-state index in [9.17, 15) is 15.2 Å². The van der Waals surface area contributed by atoms with Crippen LogP contribution in [-0.2, 0) is 11.3 Å². The molecular formula is C15H15Cl2N3O2. The number of hydrogen-bond donors (Lipinski definition) is 1. The first kappa shape index (κ1) is 16.6. The standard InChI is InChI=1S/C15H15Cl2N3O2/c1-2-15(22)20-4-3-19(9-11(20)7-18)8-10-5-12(16)13(17)6-14(10)21/h2,5-6,11,21H,1,3-4,8-9H2. The zero-order chi connectivity index (χ0) is 16.3. The van der Waals surface area contributed by atoms with Gasteiger partial charge < -0.3 is 10.0 Å². The molecule has 1 heterocycles. The quantitative estimate of drug-likeness (QED) is 0.858. The second-order valence-electron chi connectivity index (χ2n) is 5.01. The van der Waals surface area contributed by atoms with Gasteiger partial charge in [-0.25, -0.2) is 0 Å². The Labute approximate surface area is 138 Å². The van der Waals surface area contributed by atoms with E-state index < -0.39 is 6.04 Å². The summed E-state index contributed by atoms with van der Waals surface area (Å²) in [6.45, 7) is 5.30. The normalized spacial score (nSPS) is 18.8. The van der Waals surface area contributed by atoms with Crippen LogP contribution in [0.2, 0.25) is 10.0 Å². The minimum absolute atomic E-state index is 0.0625. The van der Waals surface area contributed by atoms with E-state index in [0.29, 0.717) is 41.8 Å². The molecule has 0 radical (unpaired) electrons. The van der Waals surface area contributed by atoms with Gasteiger partial charge in [0.2, 0.25) is 5.91 Å². The van der Waals surface area contributed by atoms with Crippen LogP contribution in [0.3, 0.4) is 0 Å². The summed E-state index contributed by atoms with van der Waals surface area (Å²) in [4.78, 5) is 15.2. The van der Waals surface area contributed by atoms with Crippen LogP contribution in [0.5, 0.6) is 5.75 Å². The molecule has 1 N–H and O–H groups in total. The Hall–Kier alpha value is -1.74. The van der Waals surface area contributed by atoms with Crippen LogP contribution in [0, 0.1) is 11.3 Å². The number of carbonyl (C=O) groups is 1. The lowest BCUT2D eigenvalue weighted by molar-refractivity contribution is -0.129. The number of nitriles is 1. The van der Waals surface area contributed by atoms with E-state index in [1.807, 2.05) is 4.90 Å². The highest BCUT2D eigenvalue weighted by molar-refractivity contribution is 6.42. The average molecular weight is 340 g/mol. The summed E-state index contributed by atoms with van der Waals surface area (Å²) in [5.41, 5.74) is 0.634. The van der Waals surface area contributed by atoms with Crippen molar-refractivity contribution in [3.05, 3.63) is 40.4 Å². The summed E-state index contributed by atoms with van der Waals surface area (Å²) in [7, 11) is 0. The molecule has 5 nitrogen and oxygen atoms in total. The summed E-state index contributed by atoms with van der Waals surface area (Å²) in [5, 5.41) is 19.8. The van der Waals surface area contributed by atoms with E-state index >= 15 is 0 Å². The van der Waals surface area contributed by atoms with Gasteiger partial charge in [-0.2, -0.15) is 5.26 Å². The van der Waals surface area contributed by atoms with Gasteiger partial charge >= 0.3 is 0 Å². The number of carbonyl (C=O) groups excluding carboxylic acids is 1. The number of nitrogens with zero attached hydrogens (tertiary/aromatic N) is 3. The molecule has 1 aromatic carbocycles. The monoisotopic (exact) mass is 339 g/mol. The molecule has 0 bridgehead atoms. The van der Waals surface area contributed by atoms with E-state index in [0.717, 1.165) is 0 Å². The fourth-order valence-corrected chi connectivity index (χ4v) is 2.76. The minimum atomic E-state index is -0.538. The maximum absolute atomic E-state index is 11.7. The summed E-state index contributed by atoms with van der Waals surface area (Å²) in [5.74, 6) is -0.184. The fourth-order valence-electron chi connectivity index (χ4n) is 2.42. The Morgan fingerprint density at radius 2 is 2.14 bits per heavy atom. The van der Waals surface area contributed by atoms with Crippen LogP contribution in [0.4, 0.5) is 0 Å². The Morgan fingerprint density at radius 1 is 1.45 bits per heavy atom. The highest BCUT2D eigenvalue weighted by atomic mass is 35.5. The number of hydrogen-bond acceptors (Lipinski definition) is 4. The Kier molecular flexibility index (Phi) is 5.30. The van der Waals surface area contributed by atoms with Gasteiger partial charge in [0, 0.05) is 37.8 Å². The van der Waals surface area contributed by atoms with Gasteiger partial charge in [-0.1, -0.05) is 29.8 Å². The van der Waals surface area contributed by atoms with Gasteiger partial charge in [-0.3, -0.25) is 9.69 Å². The van der Waals surface area contributed by atoms with Gasteiger partial charge in [-0.15, -0.1) is 0 Å². The first-order valence-electron chi connectivity index (χ1n) is 6.68. The third-order valence-corrected chi connectivity index (χ3v) is 4.31. The molecular weight excluding hydrogens is 325 g/mol. The Balaban J connectivity index is 2.10. The van der Waals surface area contributed by atoms with E-state index in [2.05, 4.69) is 12.6 Å². The maximum atomic E-state index is 11.7. The van der Waals surface area contributed by atoms with Gasteiger partial charge in [0.15, 0.2) is 0 Å². The summed E-state index contributed by atoms with van der Waals surface area (Å²) in [6.07, 6.45) is 1.21. The minimum Gasteiger partial charge on any atom is -0.508 e. The smallest absolute Gasteiger partial charge is 0.247 e. The van der Waals surface area contributed by atoms with E-state index in [-0.39, 0.29) is 11.7 Å². The van der Waals surface area contributed by atoms with E-state index in [1.165, 1.54) is 17.0 Å². The molecule has 1 aromatic rings. The molecule has 0 aliphatic carbocycles. The highest BCUT2D eigenvalue weighted by Crippen LogP contribution is 2.30. The van der Waals surface area contributed by atoms with Crippen molar-refractivity contribution in [3.63, 3.8) is 0 Å². The van der Waals surface area contributed by atoms with E-state index in [4.69, 9.17) is 23.2 Å². The third-order valence-electron chi connectivity index (χ3n) is 3.59. The fraction of sp³-hybridized carbons (Fsp3) is 0.333. The molecule has 2 rings (SSSR count). The van der Waals surface area contributed by atoms with Crippen LogP contribution in [0.15, 0.2) is 24.8 Å². The molecule has 0 spiro atoms. The van der Waals surface area contributed by atoms with Crippen LogP contribution < -0.4 is 0 Å². The van der Waals surface area contributed by atoms with Crippen molar-refractivity contribution in [2.24, 2.45) is 0 Å². The van der Waals surface area contributed by atoms with Gasteiger partial charge in [0.25, 0.3) is 0 Å². The average Bonchev–Trinajstić information content (AvgIpc) is 2.51. The van der Waals surface area contributed by atoms with Crippen molar-refractivity contribution >= 4 is 29.1 Å². The van der Waals surface area contributed by atoms with Gasteiger partial charge in [0.05, 0.1) is 16.1 Å². The van der Waals surface area contributed by atoms with Gasteiger partial charge in [-0.05, 0) is 12.1 Å². The van der Waals surface area contributed by atoms with Crippen molar-refractivity contribution < 1.29 is 9.90 Å². The zero-order valence-corrected chi connectivity index (χ0v) is 13.3. The maximum Gasteiger partial charge on any atom is 0.247 e. The number of amides is 1. The van der Waals surface area contributed by atoms with Crippen LogP contribution in [0.25, 0.3) is 0 Å². The molecule has 22 heavy (non-hydrogen) atoms. The Bertz CT molecular complexity index is 642. The number of piperazine rings is 1. The lowest BCUT2D eigenvalue weighted by Gasteiger charge is -2.37. The molecule has 1 unspecified atom stereocenters. The van der Waals surface area contributed by atoms with Crippen molar-refractivity contribution in [2.75, 3.05) is 19.6 Å². The Morgan fingerprint density at radius 3 is 2.77 bits per heavy atom. The number of phenolic OH excluding ortho intramolecular Hbond substituents is 1. The van der Waals surface area contributed by atoms with Crippen LogP contribution in [-0.4, -0.2) is 46.5 Å². The predicted octanol–water partition coefficient (Wildman–Crippen LogP) is 2.42. The SMILES string of the molecule is C=CC(=O)N1CCN(Cc2cc(Cl)c(Cl)cc2O)CC1C#N. The summed E-state index contributed by atoms with van der Waals surface area (Å²) in [6, 6.07) is 4.60. The molecule has 1 saturated heterocycles. The molecule has 1 fully saturated rings. The van der Waals surface area contributed by atoms with Crippen molar-refractivity contribution in [3.8, 4) is 11.8 Å². The largest absolute Gasteiger partial charge is 0.508 e. The summed E-state index contributed by atoms with van der Waals surface area (Å²) < 4.78 is 0. The molecule has 7 heteroatoms. The molecule has 0 saturated carbocycles. The van der Waals surface area contributed by atoms with Crippen molar-refractivity contribution in [2.45, 2.75) is 12.6 Å². The predicted molar refractivity (Wildman–Crippen MR) is 84.7 cm³/mol. The zero-order valence-electron chi connectivity index (χ0n) is 11.8. The third kappa shape index (κ3) is 3.53. The molecule has 1 aliphatic heterocycles. The van der Waals surface area contributed by atoms with Crippen molar-refractivity contribution in [1.82, 2.24) is 9.80 Å². The van der Waals surface area contributed by atoms with Crippen LogP contribution >= 0.6 is 23.2 Å². The van der Waals surface area contributed by atoms with Crippen LogP contribution in [0.1, 0.15) is 5.56 Å². The lowest BCUT2D eigenvalue weighted by atomic mass is 10.1. The topological polar surface area (TPSA) is 67.6 Å². The first-order chi connectivity index (χ1) is 10.5. The molecule has 1 atom stereocenters. The number of benzene rings is 1. The number of halogens is 2. The van der Waals surface area contributed by atoms with Crippen molar-refractivity contribution in [1.29, 1.82) is 5.26 Å². The first-order valence-corrected chi connectivity index (χ1v) is 7.43. The number of rotatable bonds is 3. The summed E-state index contributed by atoms with van der Waals surface area (Å²) >= 11 is 11.8. The molecule has 0 aromatic heterocycles. The van der Waals surface area contributed by atoms with E-state index in [1.54, 1.807) is 6.07 Å². The lowest BCUT2D eigenvalue weighted by Crippen LogP contribution is -2.53. The molecule has 1 amide bonds. The molecule has 116 valence electrons. The highest BCUT2D eigenvalue weighted by Gasteiger charge is 2.29. The number of aromatic hydroxyl groups is 1. The molecule has 1 aliphatic rings. The second-order valence-corrected chi connectivity index (χ2v) is 5.83.